The summed E-state index contributed by atoms with van der Waals surface area (Å²) in [4.78, 5) is 38.7. The summed E-state index contributed by atoms with van der Waals surface area (Å²) < 4.78 is 11.7. The molecule has 5 rings (SSSR count). The van der Waals surface area contributed by atoms with Crippen molar-refractivity contribution >= 4 is 17.8 Å². The van der Waals surface area contributed by atoms with Crippen molar-refractivity contribution in [3.63, 3.8) is 0 Å². The van der Waals surface area contributed by atoms with Crippen LogP contribution in [0, 0.1) is 45.8 Å². The number of methoxy groups -OCH3 is 1. The van der Waals surface area contributed by atoms with Gasteiger partial charge >= 0.3 is 5.97 Å². The van der Waals surface area contributed by atoms with Crippen LogP contribution in [-0.2, 0) is 9.59 Å². The van der Waals surface area contributed by atoms with Crippen molar-refractivity contribution in [1.82, 2.24) is 10.6 Å². The molecule has 222 valence electrons. The molecule has 4 saturated carbocycles. The summed E-state index contributed by atoms with van der Waals surface area (Å²) in [5.74, 6) is 0.222. The molecular formula is C32H43N3O6. The molecule has 0 aliphatic heterocycles. The molecular weight excluding hydrogens is 522 g/mol. The monoisotopic (exact) mass is 565 g/mol. The summed E-state index contributed by atoms with van der Waals surface area (Å²) in [7, 11) is 1.46. The van der Waals surface area contributed by atoms with Gasteiger partial charge in [0.05, 0.1) is 35.7 Å². The lowest BCUT2D eigenvalue weighted by Crippen LogP contribution is -2.51. The number of hydrogen-bond acceptors (Lipinski definition) is 6. The van der Waals surface area contributed by atoms with E-state index in [1.54, 1.807) is 13.0 Å². The first kappa shape index (κ1) is 29.2. The van der Waals surface area contributed by atoms with E-state index in [2.05, 4.69) is 30.6 Å². The molecule has 4 atom stereocenters. The summed E-state index contributed by atoms with van der Waals surface area (Å²) in [5.41, 5.74) is 0.0884. The third-order valence-corrected chi connectivity index (χ3v) is 10.3. The highest BCUT2D eigenvalue weighted by Gasteiger charge is 2.51. The zero-order valence-corrected chi connectivity index (χ0v) is 24.6. The van der Waals surface area contributed by atoms with Gasteiger partial charge in [0.1, 0.15) is 17.6 Å². The fourth-order valence-corrected chi connectivity index (χ4v) is 7.95. The van der Waals surface area contributed by atoms with Gasteiger partial charge in [-0.15, -0.1) is 0 Å². The number of ether oxygens (including phenoxy) is 2. The van der Waals surface area contributed by atoms with Crippen LogP contribution in [0.1, 0.15) is 94.5 Å². The zero-order chi connectivity index (χ0) is 29.5. The van der Waals surface area contributed by atoms with Crippen molar-refractivity contribution in [2.24, 2.45) is 34.5 Å². The Labute approximate surface area is 242 Å². The molecule has 0 saturated heterocycles. The minimum Gasteiger partial charge on any atom is -0.496 e. The summed E-state index contributed by atoms with van der Waals surface area (Å²) in [6.07, 6.45) is 6.96. The Morgan fingerprint density at radius 3 is 2.34 bits per heavy atom. The predicted octanol–water partition coefficient (Wildman–Crippen LogP) is 4.68. The summed E-state index contributed by atoms with van der Waals surface area (Å²) >= 11 is 0. The Balaban J connectivity index is 1.29. The molecule has 9 nitrogen and oxygen atoms in total. The van der Waals surface area contributed by atoms with Crippen LogP contribution in [0.3, 0.4) is 0 Å². The number of carbonyl (C=O) groups is 3. The number of hydrogen-bond donors (Lipinski definition) is 3. The number of carboxylic acid groups (broad SMARTS) is 1. The predicted molar refractivity (Wildman–Crippen MR) is 151 cm³/mol. The van der Waals surface area contributed by atoms with E-state index in [0.717, 1.165) is 32.1 Å². The van der Waals surface area contributed by atoms with E-state index in [1.807, 2.05) is 0 Å². The van der Waals surface area contributed by atoms with Crippen LogP contribution >= 0.6 is 0 Å². The molecule has 0 spiro atoms. The second-order valence-electron chi connectivity index (χ2n) is 13.9. The maximum absolute atomic E-state index is 13.7. The van der Waals surface area contributed by atoms with E-state index in [0.29, 0.717) is 43.6 Å². The molecule has 3 N–H and O–H groups in total. The van der Waals surface area contributed by atoms with Gasteiger partial charge in [0.15, 0.2) is 0 Å². The van der Waals surface area contributed by atoms with Gasteiger partial charge < -0.3 is 25.2 Å². The smallest absolute Gasteiger partial charge is 0.309 e. The Hall–Kier alpha value is -3.28. The SMILES string of the molecule is COc1cc(C#N)c(O[C@H]2CC[C@@](C)(C(=O)O)CC2)cc1C(=O)N[C@@H]1[C@H]2CC[C@H](C2)[C@@H]1C(=O)NCC1CC(C)(C)C1. The van der Waals surface area contributed by atoms with Crippen LogP contribution in [0.15, 0.2) is 12.1 Å². The number of fused-ring (bicyclic) bond motifs is 2. The molecule has 1 aromatic carbocycles. The normalized spacial score (nSPS) is 31.9. The molecule has 9 heteroatoms. The molecule has 2 bridgehead atoms. The molecule has 0 aromatic heterocycles. The number of benzene rings is 1. The van der Waals surface area contributed by atoms with E-state index in [1.165, 1.54) is 13.2 Å². The number of nitriles is 1. The highest BCUT2D eigenvalue weighted by Crippen LogP contribution is 2.49. The lowest BCUT2D eigenvalue weighted by molar-refractivity contribution is -0.150. The zero-order valence-electron chi connectivity index (χ0n) is 24.6. The first-order chi connectivity index (χ1) is 19.4. The summed E-state index contributed by atoms with van der Waals surface area (Å²) in [6.45, 7) is 6.95. The van der Waals surface area contributed by atoms with Crippen LogP contribution in [-0.4, -0.2) is 48.7 Å². The minimum absolute atomic E-state index is 0.0358. The third kappa shape index (κ3) is 5.89. The molecule has 2 amide bonds. The van der Waals surface area contributed by atoms with Gasteiger partial charge in [0.25, 0.3) is 5.91 Å². The maximum Gasteiger partial charge on any atom is 0.309 e. The minimum atomic E-state index is -0.809. The Morgan fingerprint density at radius 1 is 1.05 bits per heavy atom. The Morgan fingerprint density at radius 2 is 1.73 bits per heavy atom. The average Bonchev–Trinajstić information content (AvgIpc) is 3.53. The number of nitrogens with one attached hydrogen (secondary N) is 2. The molecule has 0 unspecified atom stereocenters. The number of amides is 2. The topological polar surface area (TPSA) is 138 Å². The Kier molecular flexibility index (Phi) is 7.97. The van der Waals surface area contributed by atoms with Crippen LogP contribution < -0.4 is 20.1 Å². The van der Waals surface area contributed by atoms with Crippen LogP contribution in [0.5, 0.6) is 11.5 Å². The quantitative estimate of drug-likeness (QED) is 0.395. The van der Waals surface area contributed by atoms with Crippen molar-refractivity contribution in [1.29, 1.82) is 5.26 Å². The lowest BCUT2D eigenvalue weighted by Gasteiger charge is -2.43. The van der Waals surface area contributed by atoms with Crippen LogP contribution in [0.4, 0.5) is 0 Å². The molecule has 4 aliphatic rings. The number of nitrogens with zero attached hydrogens (tertiary/aromatic N) is 1. The maximum atomic E-state index is 13.7. The van der Waals surface area contributed by atoms with Crippen molar-refractivity contribution in [2.75, 3.05) is 13.7 Å². The third-order valence-electron chi connectivity index (χ3n) is 10.3. The first-order valence-corrected chi connectivity index (χ1v) is 15.0. The highest BCUT2D eigenvalue weighted by atomic mass is 16.5. The van der Waals surface area contributed by atoms with Crippen molar-refractivity contribution in [3.8, 4) is 17.6 Å². The number of carboxylic acids is 1. The van der Waals surface area contributed by atoms with Crippen molar-refractivity contribution < 1.29 is 29.0 Å². The van der Waals surface area contributed by atoms with E-state index < -0.39 is 11.4 Å². The first-order valence-electron chi connectivity index (χ1n) is 15.0. The molecule has 0 heterocycles. The Bertz CT molecular complexity index is 1240. The van der Waals surface area contributed by atoms with Gasteiger partial charge in [0, 0.05) is 18.7 Å². The van der Waals surface area contributed by atoms with Gasteiger partial charge in [-0.05, 0) is 93.9 Å². The van der Waals surface area contributed by atoms with Gasteiger partial charge in [0.2, 0.25) is 5.91 Å². The van der Waals surface area contributed by atoms with Crippen molar-refractivity contribution in [3.05, 3.63) is 23.3 Å². The highest BCUT2D eigenvalue weighted by molar-refractivity contribution is 5.98. The number of aliphatic carboxylic acids is 1. The fraction of sp³-hybridized carbons (Fsp3) is 0.688. The molecule has 4 fully saturated rings. The van der Waals surface area contributed by atoms with E-state index >= 15 is 0 Å². The van der Waals surface area contributed by atoms with E-state index in [9.17, 15) is 24.8 Å². The standard InChI is InChI=1S/C32H43N3O6/c1-31(2)14-18(15-31)17-34-29(37)26-19-5-6-20(11-19)27(26)35-28(36)23-13-24(21(16-33)12-25(23)40-4)41-22-7-9-32(3,10-8-22)30(38)39/h12-13,18-20,22,26-27H,5-11,14-15,17H2,1-4H3,(H,34,37)(H,35,36)(H,38,39)/t19-,20+,22-,26+,27-,32+/m1/s1. The van der Waals surface area contributed by atoms with Crippen molar-refractivity contribution in [2.45, 2.75) is 90.7 Å². The molecule has 1 aromatic rings. The fourth-order valence-electron chi connectivity index (χ4n) is 7.95. The lowest BCUT2D eigenvalue weighted by atomic mass is 9.64. The number of carbonyl (C=O) groups excluding carboxylic acids is 2. The molecule has 41 heavy (non-hydrogen) atoms. The second kappa shape index (κ2) is 11.2. The van der Waals surface area contributed by atoms with Gasteiger partial charge in [-0.1, -0.05) is 13.8 Å². The summed E-state index contributed by atoms with van der Waals surface area (Å²) in [6, 6.07) is 4.94. The van der Waals surface area contributed by atoms with Gasteiger partial charge in [-0.2, -0.15) is 5.26 Å². The van der Waals surface area contributed by atoms with Gasteiger partial charge in [-0.25, -0.2) is 0 Å². The van der Waals surface area contributed by atoms with Crippen LogP contribution in [0.2, 0.25) is 0 Å². The number of rotatable bonds is 9. The molecule has 4 aliphatic carbocycles. The average molecular weight is 566 g/mol. The van der Waals surface area contributed by atoms with E-state index in [-0.39, 0.29) is 64.3 Å². The van der Waals surface area contributed by atoms with Gasteiger partial charge in [-0.3, -0.25) is 14.4 Å². The molecule has 0 radical (unpaired) electrons. The van der Waals surface area contributed by atoms with E-state index in [4.69, 9.17) is 9.47 Å². The second-order valence-corrected chi connectivity index (χ2v) is 13.9. The largest absolute Gasteiger partial charge is 0.496 e. The van der Waals surface area contributed by atoms with Crippen LogP contribution in [0.25, 0.3) is 0 Å². The summed E-state index contributed by atoms with van der Waals surface area (Å²) in [5, 5.41) is 25.7.